The molecule has 0 fully saturated rings. The van der Waals surface area contributed by atoms with Gasteiger partial charge in [-0.15, -0.1) is 0 Å². The zero-order valence-electron chi connectivity index (χ0n) is 8.62. The van der Waals surface area contributed by atoms with Gasteiger partial charge in [-0.3, -0.25) is 9.59 Å². The number of rotatable bonds is 6. The molecule has 14 heavy (non-hydrogen) atoms. The highest BCUT2D eigenvalue weighted by Crippen LogP contribution is 1.92. The van der Waals surface area contributed by atoms with Crippen LogP contribution in [0.25, 0.3) is 0 Å². The molecule has 0 aliphatic carbocycles. The SMILES string of the molecule is CN(C)CCCC(=O)N/C(C=O)=C\N. The molecule has 0 radical (unpaired) electrons. The van der Waals surface area contributed by atoms with Crippen LogP contribution in [-0.2, 0) is 9.59 Å². The fraction of sp³-hybridized carbons (Fsp3) is 0.556. The Hall–Kier alpha value is -1.36. The first kappa shape index (κ1) is 12.6. The molecular weight excluding hydrogens is 182 g/mol. The van der Waals surface area contributed by atoms with Gasteiger partial charge in [0.25, 0.3) is 0 Å². The first-order valence-corrected chi connectivity index (χ1v) is 4.41. The monoisotopic (exact) mass is 199 g/mol. The summed E-state index contributed by atoms with van der Waals surface area (Å²) in [6.45, 7) is 0.843. The van der Waals surface area contributed by atoms with Gasteiger partial charge in [0.15, 0.2) is 6.29 Å². The molecule has 5 heteroatoms. The molecule has 0 aromatic carbocycles. The standard InChI is InChI=1S/C9H17N3O2/c1-12(2)5-3-4-9(14)11-8(6-10)7-13/h6-7H,3-5,10H2,1-2H3,(H,11,14)/b8-6-. The third-order valence-corrected chi connectivity index (χ3v) is 1.60. The van der Waals surface area contributed by atoms with E-state index in [1.165, 1.54) is 0 Å². The summed E-state index contributed by atoms with van der Waals surface area (Å²) in [6, 6.07) is 0. The van der Waals surface area contributed by atoms with Gasteiger partial charge >= 0.3 is 0 Å². The van der Waals surface area contributed by atoms with Crippen molar-refractivity contribution >= 4 is 12.2 Å². The molecule has 0 heterocycles. The maximum atomic E-state index is 11.2. The van der Waals surface area contributed by atoms with Crippen LogP contribution >= 0.6 is 0 Å². The smallest absolute Gasteiger partial charge is 0.224 e. The number of nitrogens with one attached hydrogen (secondary N) is 1. The van der Waals surface area contributed by atoms with Gasteiger partial charge in [0, 0.05) is 12.6 Å². The van der Waals surface area contributed by atoms with Gasteiger partial charge in [-0.1, -0.05) is 0 Å². The summed E-state index contributed by atoms with van der Waals surface area (Å²) in [7, 11) is 3.88. The van der Waals surface area contributed by atoms with Crippen LogP contribution in [0.4, 0.5) is 0 Å². The summed E-state index contributed by atoms with van der Waals surface area (Å²) in [5.41, 5.74) is 5.20. The first-order valence-electron chi connectivity index (χ1n) is 4.41. The molecule has 0 saturated carbocycles. The molecule has 0 aromatic heterocycles. The molecule has 0 aromatic rings. The highest BCUT2D eigenvalue weighted by Gasteiger charge is 2.03. The number of aldehydes is 1. The normalized spacial score (nSPS) is 11.5. The Kier molecular flexibility index (Phi) is 6.39. The molecule has 0 aliphatic rings. The van der Waals surface area contributed by atoms with E-state index in [2.05, 4.69) is 5.32 Å². The predicted molar refractivity (Wildman–Crippen MR) is 54.3 cm³/mol. The van der Waals surface area contributed by atoms with Crippen molar-refractivity contribution in [3.05, 3.63) is 11.9 Å². The molecule has 0 atom stereocenters. The van der Waals surface area contributed by atoms with Gasteiger partial charge in [-0.05, 0) is 27.1 Å². The minimum absolute atomic E-state index is 0.111. The molecule has 0 unspecified atom stereocenters. The van der Waals surface area contributed by atoms with E-state index >= 15 is 0 Å². The lowest BCUT2D eigenvalue weighted by Crippen LogP contribution is -2.25. The van der Waals surface area contributed by atoms with E-state index < -0.39 is 0 Å². The molecule has 1 amide bonds. The van der Waals surface area contributed by atoms with Crippen molar-refractivity contribution in [2.24, 2.45) is 5.73 Å². The molecule has 5 nitrogen and oxygen atoms in total. The van der Waals surface area contributed by atoms with Gasteiger partial charge < -0.3 is 16.0 Å². The number of amides is 1. The van der Waals surface area contributed by atoms with Crippen LogP contribution in [-0.4, -0.2) is 37.7 Å². The maximum Gasteiger partial charge on any atom is 0.224 e. The van der Waals surface area contributed by atoms with Gasteiger partial charge in [0.2, 0.25) is 5.91 Å². The second-order valence-electron chi connectivity index (χ2n) is 3.19. The number of hydrogen-bond acceptors (Lipinski definition) is 4. The van der Waals surface area contributed by atoms with Crippen LogP contribution in [0.3, 0.4) is 0 Å². The van der Waals surface area contributed by atoms with E-state index in [1.807, 2.05) is 19.0 Å². The summed E-state index contributed by atoms with van der Waals surface area (Å²) in [4.78, 5) is 23.4. The summed E-state index contributed by atoms with van der Waals surface area (Å²) >= 11 is 0. The quantitative estimate of drug-likeness (QED) is 0.444. The molecule has 0 rings (SSSR count). The Balaban J connectivity index is 3.70. The van der Waals surface area contributed by atoms with E-state index in [0.717, 1.165) is 19.2 Å². The second kappa shape index (κ2) is 7.08. The molecule has 80 valence electrons. The van der Waals surface area contributed by atoms with Crippen LogP contribution in [0, 0.1) is 0 Å². The number of carbonyl (C=O) groups excluding carboxylic acids is 2. The zero-order chi connectivity index (χ0) is 11.0. The summed E-state index contributed by atoms with van der Waals surface area (Å²) in [6.07, 6.45) is 2.75. The Morgan fingerprint density at radius 2 is 2.14 bits per heavy atom. The number of nitrogens with two attached hydrogens (primary N) is 1. The topological polar surface area (TPSA) is 75.4 Å². The molecule has 0 aliphatic heterocycles. The van der Waals surface area contributed by atoms with E-state index in [0.29, 0.717) is 12.7 Å². The van der Waals surface area contributed by atoms with Gasteiger partial charge in [-0.2, -0.15) is 0 Å². The van der Waals surface area contributed by atoms with Crippen molar-refractivity contribution in [2.45, 2.75) is 12.8 Å². The van der Waals surface area contributed by atoms with Crippen molar-refractivity contribution < 1.29 is 9.59 Å². The van der Waals surface area contributed by atoms with Gasteiger partial charge in [-0.25, -0.2) is 0 Å². The third-order valence-electron chi connectivity index (χ3n) is 1.60. The average molecular weight is 199 g/mol. The second-order valence-corrected chi connectivity index (χ2v) is 3.19. The van der Waals surface area contributed by atoms with Gasteiger partial charge in [0.1, 0.15) is 0 Å². The Morgan fingerprint density at radius 1 is 1.50 bits per heavy atom. The van der Waals surface area contributed by atoms with E-state index in [9.17, 15) is 9.59 Å². The number of carbonyl (C=O) groups is 2. The van der Waals surface area contributed by atoms with Crippen LogP contribution in [0.1, 0.15) is 12.8 Å². The van der Waals surface area contributed by atoms with Crippen molar-refractivity contribution in [3.63, 3.8) is 0 Å². The molecule has 0 bridgehead atoms. The molecule has 0 saturated heterocycles. The fourth-order valence-corrected chi connectivity index (χ4v) is 0.890. The highest BCUT2D eigenvalue weighted by atomic mass is 16.2. The zero-order valence-corrected chi connectivity index (χ0v) is 8.62. The minimum Gasteiger partial charge on any atom is -0.403 e. The van der Waals surface area contributed by atoms with Crippen molar-refractivity contribution in [1.29, 1.82) is 0 Å². The Bertz CT molecular complexity index is 224. The van der Waals surface area contributed by atoms with Crippen LogP contribution < -0.4 is 11.1 Å². The first-order chi connectivity index (χ1) is 6.60. The Morgan fingerprint density at radius 3 is 2.57 bits per heavy atom. The van der Waals surface area contributed by atoms with Crippen molar-refractivity contribution in [1.82, 2.24) is 10.2 Å². The highest BCUT2D eigenvalue weighted by molar-refractivity contribution is 5.85. The van der Waals surface area contributed by atoms with E-state index in [4.69, 9.17) is 5.73 Å². The average Bonchev–Trinajstić information content (AvgIpc) is 2.13. The number of nitrogens with zero attached hydrogens (tertiary/aromatic N) is 1. The van der Waals surface area contributed by atoms with Crippen molar-refractivity contribution in [2.75, 3.05) is 20.6 Å². The van der Waals surface area contributed by atoms with Crippen LogP contribution in [0.5, 0.6) is 0 Å². The lowest BCUT2D eigenvalue weighted by molar-refractivity contribution is -0.121. The Labute approximate surface area is 83.9 Å². The predicted octanol–water partition coefficient (Wildman–Crippen LogP) is -0.557. The minimum atomic E-state index is -0.185. The van der Waals surface area contributed by atoms with E-state index in [1.54, 1.807) is 0 Å². The molecular formula is C9H17N3O2. The molecule has 3 N–H and O–H groups in total. The van der Waals surface area contributed by atoms with Crippen molar-refractivity contribution in [3.8, 4) is 0 Å². The number of allylic oxidation sites excluding steroid dienone is 1. The third kappa shape index (κ3) is 6.19. The van der Waals surface area contributed by atoms with Crippen LogP contribution in [0.2, 0.25) is 0 Å². The lowest BCUT2D eigenvalue weighted by Gasteiger charge is -2.08. The summed E-state index contributed by atoms with van der Waals surface area (Å²) in [5, 5.41) is 2.40. The maximum absolute atomic E-state index is 11.2. The van der Waals surface area contributed by atoms with E-state index in [-0.39, 0.29) is 11.6 Å². The summed E-state index contributed by atoms with van der Waals surface area (Å²) < 4.78 is 0. The summed E-state index contributed by atoms with van der Waals surface area (Å²) in [5.74, 6) is -0.185. The van der Waals surface area contributed by atoms with Gasteiger partial charge in [0.05, 0.1) is 5.70 Å². The molecule has 0 spiro atoms. The lowest BCUT2D eigenvalue weighted by atomic mass is 10.3. The largest absolute Gasteiger partial charge is 0.403 e. The number of hydrogen-bond donors (Lipinski definition) is 2. The van der Waals surface area contributed by atoms with Crippen LogP contribution in [0.15, 0.2) is 11.9 Å². The fourth-order valence-electron chi connectivity index (χ4n) is 0.890.